The van der Waals surface area contributed by atoms with E-state index in [0.717, 1.165) is 23.6 Å². The van der Waals surface area contributed by atoms with Crippen molar-refractivity contribution in [2.75, 3.05) is 6.54 Å². The number of piperidine rings is 1. The summed E-state index contributed by atoms with van der Waals surface area (Å²) >= 11 is 5.95. The summed E-state index contributed by atoms with van der Waals surface area (Å²) in [4.78, 5) is 12.3. The number of carbonyl (C=O) groups is 1. The van der Waals surface area contributed by atoms with E-state index in [4.69, 9.17) is 11.6 Å². The SMILES string of the molecule is O=C1NCC[C@@H](c2ccc(Cl)cc2)[C@H]1c1ccccc1. The average Bonchev–Trinajstić information content (AvgIpc) is 2.49. The van der Waals surface area contributed by atoms with E-state index in [0.29, 0.717) is 0 Å². The molecule has 2 nitrogen and oxygen atoms in total. The Morgan fingerprint density at radius 1 is 0.950 bits per heavy atom. The molecule has 1 N–H and O–H groups in total. The third-order valence-electron chi connectivity index (χ3n) is 3.90. The standard InChI is InChI=1S/C17H16ClNO/c18-14-8-6-12(7-9-14)15-10-11-19-17(20)16(15)13-4-2-1-3-5-13/h1-9,15-16H,10-11H2,(H,19,20)/t15-,16+/m0/s1. The first-order valence-electron chi connectivity index (χ1n) is 6.84. The van der Waals surface area contributed by atoms with Crippen molar-refractivity contribution in [2.24, 2.45) is 0 Å². The van der Waals surface area contributed by atoms with Crippen molar-refractivity contribution >= 4 is 17.5 Å². The number of nitrogens with one attached hydrogen (secondary N) is 1. The molecule has 1 heterocycles. The number of hydrogen-bond acceptors (Lipinski definition) is 1. The van der Waals surface area contributed by atoms with Crippen molar-refractivity contribution in [3.8, 4) is 0 Å². The second-order valence-electron chi connectivity index (χ2n) is 5.13. The van der Waals surface area contributed by atoms with E-state index in [1.54, 1.807) is 0 Å². The van der Waals surface area contributed by atoms with Gasteiger partial charge in [0.15, 0.2) is 0 Å². The summed E-state index contributed by atoms with van der Waals surface area (Å²) in [7, 11) is 0. The van der Waals surface area contributed by atoms with Gasteiger partial charge in [-0.1, -0.05) is 54.1 Å². The maximum Gasteiger partial charge on any atom is 0.228 e. The van der Waals surface area contributed by atoms with Gasteiger partial charge < -0.3 is 5.32 Å². The fourth-order valence-electron chi connectivity index (χ4n) is 2.92. The molecule has 0 radical (unpaired) electrons. The first-order valence-corrected chi connectivity index (χ1v) is 7.21. The van der Waals surface area contributed by atoms with Gasteiger partial charge in [-0.3, -0.25) is 4.79 Å². The lowest BCUT2D eigenvalue weighted by atomic mass is 9.77. The highest BCUT2D eigenvalue weighted by molar-refractivity contribution is 6.30. The van der Waals surface area contributed by atoms with Gasteiger partial charge >= 0.3 is 0 Å². The Kier molecular flexibility index (Phi) is 3.75. The molecule has 1 fully saturated rings. The van der Waals surface area contributed by atoms with Crippen LogP contribution in [0.4, 0.5) is 0 Å². The molecule has 20 heavy (non-hydrogen) atoms. The summed E-state index contributed by atoms with van der Waals surface area (Å²) in [5.41, 5.74) is 2.25. The number of rotatable bonds is 2. The molecule has 0 saturated carbocycles. The lowest BCUT2D eigenvalue weighted by molar-refractivity contribution is -0.124. The van der Waals surface area contributed by atoms with E-state index in [2.05, 4.69) is 5.32 Å². The summed E-state index contributed by atoms with van der Waals surface area (Å²) in [6.45, 7) is 0.732. The minimum atomic E-state index is -0.119. The highest BCUT2D eigenvalue weighted by Gasteiger charge is 2.33. The van der Waals surface area contributed by atoms with E-state index >= 15 is 0 Å². The van der Waals surface area contributed by atoms with Crippen LogP contribution in [0.3, 0.4) is 0 Å². The van der Waals surface area contributed by atoms with Crippen molar-refractivity contribution in [2.45, 2.75) is 18.3 Å². The van der Waals surface area contributed by atoms with E-state index < -0.39 is 0 Å². The van der Waals surface area contributed by atoms with Crippen LogP contribution < -0.4 is 5.32 Å². The number of amides is 1. The maximum atomic E-state index is 12.3. The molecule has 102 valence electrons. The Hall–Kier alpha value is -1.80. The van der Waals surface area contributed by atoms with Crippen LogP contribution >= 0.6 is 11.6 Å². The molecule has 1 amide bonds. The van der Waals surface area contributed by atoms with Gasteiger partial charge in [-0.15, -0.1) is 0 Å². The van der Waals surface area contributed by atoms with Gasteiger partial charge in [0.25, 0.3) is 0 Å². The molecule has 2 atom stereocenters. The van der Waals surface area contributed by atoms with E-state index in [1.807, 2.05) is 54.6 Å². The maximum absolute atomic E-state index is 12.3. The van der Waals surface area contributed by atoms with Gasteiger partial charge in [-0.25, -0.2) is 0 Å². The number of hydrogen-bond donors (Lipinski definition) is 1. The van der Waals surface area contributed by atoms with Crippen molar-refractivity contribution < 1.29 is 4.79 Å². The Morgan fingerprint density at radius 2 is 1.65 bits per heavy atom. The van der Waals surface area contributed by atoms with Gasteiger partial charge in [0.1, 0.15) is 0 Å². The highest BCUT2D eigenvalue weighted by atomic mass is 35.5. The lowest BCUT2D eigenvalue weighted by Crippen LogP contribution is -2.39. The summed E-state index contributed by atoms with van der Waals surface area (Å²) in [6, 6.07) is 17.8. The molecule has 1 saturated heterocycles. The average molecular weight is 286 g/mol. The van der Waals surface area contributed by atoms with Crippen LogP contribution in [0.2, 0.25) is 5.02 Å². The molecule has 1 aliphatic heterocycles. The minimum absolute atomic E-state index is 0.113. The predicted molar refractivity (Wildman–Crippen MR) is 81.0 cm³/mol. The van der Waals surface area contributed by atoms with Crippen molar-refractivity contribution in [3.63, 3.8) is 0 Å². The zero-order valence-electron chi connectivity index (χ0n) is 11.1. The summed E-state index contributed by atoms with van der Waals surface area (Å²) < 4.78 is 0. The zero-order valence-corrected chi connectivity index (χ0v) is 11.8. The van der Waals surface area contributed by atoms with Crippen LogP contribution in [-0.4, -0.2) is 12.5 Å². The van der Waals surface area contributed by atoms with Gasteiger partial charge in [-0.2, -0.15) is 0 Å². The Morgan fingerprint density at radius 3 is 2.35 bits per heavy atom. The van der Waals surface area contributed by atoms with Crippen molar-refractivity contribution in [1.29, 1.82) is 0 Å². The molecule has 2 aromatic rings. The van der Waals surface area contributed by atoms with Crippen LogP contribution in [0, 0.1) is 0 Å². The van der Waals surface area contributed by atoms with Crippen LogP contribution in [0.5, 0.6) is 0 Å². The monoisotopic (exact) mass is 285 g/mol. The molecule has 2 aromatic carbocycles. The van der Waals surface area contributed by atoms with Crippen LogP contribution in [-0.2, 0) is 4.79 Å². The fraction of sp³-hybridized carbons (Fsp3) is 0.235. The van der Waals surface area contributed by atoms with Gasteiger partial charge in [0.2, 0.25) is 5.91 Å². The number of halogens is 1. The third kappa shape index (κ3) is 2.56. The largest absolute Gasteiger partial charge is 0.356 e. The number of carbonyl (C=O) groups excluding carboxylic acids is 1. The molecule has 0 unspecified atom stereocenters. The molecular formula is C17H16ClNO. The zero-order chi connectivity index (χ0) is 13.9. The molecule has 0 aromatic heterocycles. The van der Waals surface area contributed by atoms with Gasteiger partial charge in [0, 0.05) is 17.5 Å². The Bertz CT molecular complexity index is 594. The topological polar surface area (TPSA) is 29.1 Å². The van der Waals surface area contributed by atoms with E-state index in [9.17, 15) is 4.79 Å². The lowest BCUT2D eigenvalue weighted by Gasteiger charge is -2.31. The van der Waals surface area contributed by atoms with Crippen molar-refractivity contribution in [1.82, 2.24) is 5.32 Å². The van der Waals surface area contributed by atoms with E-state index in [1.165, 1.54) is 5.56 Å². The highest BCUT2D eigenvalue weighted by Crippen LogP contribution is 2.38. The first kappa shape index (κ1) is 13.2. The first-order chi connectivity index (χ1) is 9.75. The molecule has 3 heteroatoms. The smallest absolute Gasteiger partial charge is 0.228 e. The summed E-state index contributed by atoms with van der Waals surface area (Å²) in [5, 5.41) is 3.70. The predicted octanol–water partition coefficient (Wildman–Crippen LogP) is 3.73. The number of benzene rings is 2. The Balaban J connectivity index is 1.98. The van der Waals surface area contributed by atoms with Crippen LogP contribution in [0.1, 0.15) is 29.4 Å². The second kappa shape index (κ2) is 5.68. The molecule has 0 bridgehead atoms. The van der Waals surface area contributed by atoms with Gasteiger partial charge in [-0.05, 0) is 29.7 Å². The van der Waals surface area contributed by atoms with Gasteiger partial charge in [0.05, 0.1) is 5.92 Å². The summed E-state index contributed by atoms with van der Waals surface area (Å²) in [5.74, 6) is 0.206. The van der Waals surface area contributed by atoms with Crippen LogP contribution in [0.15, 0.2) is 54.6 Å². The minimum Gasteiger partial charge on any atom is -0.356 e. The molecule has 0 spiro atoms. The molecule has 3 rings (SSSR count). The summed E-state index contributed by atoms with van der Waals surface area (Å²) in [6.07, 6.45) is 0.951. The molecule has 1 aliphatic rings. The normalized spacial score (nSPS) is 22.4. The quantitative estimate of drug-likeness (QED) is 0.895. The Labute approximate surface area is 123 Å². The van der Waals surface area contributed by atoms with Crippen LogP contribution in [0.25, 0.3) is 0 Å². The molecular weight excluding hydrogens is 270 g/mol. The second-order valence-corrected chi connectivity index (χ2v) is 5.56. The van der Waals surface area contributed by atoms with E-state index in [-0.39, 0.29) is 17.7 Å². The third-order valence-corrected chi connectivity index (χ3v) is 4.15. The van der Waals surface area contributed by atoms with Crippen molar-refractivity contribution in [3.05, 3.63) is 70.7 Å². The fourth-order valence-corrected chi connectivity index (χ4v) is 3.05. The molecule has 0 aliphatic carbocycles.